The summed E-state index contributed by atoms with van der Waals surface area (Å²) in [5, 5.41) is 11.9. The van der Waals surface area contributed by atoms with Crippen LogP contribution in [0.4, 0.5) is 0 Å². The lowest BCUT2D eigenvalue weighted by atomic mass is 10.0. The number of hydrogen-bond donors (Lipinski definition) is 1. The van der Waals surface area contributed by atoms with Gasteiger partial charge in [-0.15, -0.1) is 5.10 Å². The maximum absolute atomic E-state index is 13.0. The molecule has 0 bridgehead atoms. The summed E-state index contributed by atoms with van der Waals surface area (Å²) in [5.74, 6) is 1.50. The van der Waals surface area contributed by atoms with E-state index in [-0.39, 0.29) is 5.91 Å². The van der Waals surface area contributed by atoms with Gasteiger partial charge in [0, 0.05) is 13.1 Å². The van der Waals surface area contributed by atoms with Crippen molar-refractivity contribution < 1.29 is 4.79 Å². The SMILES string of the molecule is Cc1c(C(=O)N(C)C(C2CC2)C2CC2)nnn1C1CCNCC1. The molecule has 1 aromatic heterocycles. The van der Waals surface area contributed by atoms with Crippen LogP contribution < -0.4 is 5.32 Å². The third-order valence-corrected chi connectivity index (χ3v) is 5.76. The number of amides is 1. The second kappa shape index (κ2) is 5.89. The third kappa shape index (κ3) is 2.89. The molecule has 0 aromatic carbocycles. The van der Waals surface area contributed by atoms with E-state index in [4.69, 9.17) is 0 Å². The van der Waals surface area contributed by atoms with Crippen LogP contribution in [0.3, 0.4) is 0 Å². The molecule has 23 heavy (non-hydrogen) atoms. The van der Waals surface area contributed by atoms with E-state index in [9.17, 15) is 4.79 Å². The summed E-state index contributed by atoms with van der Waals surface area (Å²) in [4.78, 5) is 14.9. The minimum Gasteiger partial charge on any atom is -0.337 e. The van der Waals surface area contributed by atoms with Gasteiger partial charge in [-0.2, -0.15) is 0 Å². The molecule has 2 heterocycles. The minimum atomic E-state index is 0.0616. The van der Waals surface area contributed by atoms with Gasteiger partial charge < -0.3 is 10.2 Å². The normalized spacial score (nSPS) is 22.6. The van der Waals surface area contributed by atoms with E-state index in [2.05, 4.69) is 15.6 Å². The molecule has 0 unspecified atom stereocenters. The molecule has 2 aliphatic carbocycles. The summed E-state index contributed by atoms with van der Waals surface area (Å²) < 4.78 is 1.98. The Hall–Kier alpha value is -1.43. The van der Waals surface area contributed by atoms with Crippen LogP contribution in [0, 0.1) is 18.8 Å². The number of hydrogen-bond acceptors (Lipinski definition) is 4. The van der Waals surface area contributed by atoms with Crippen molar-refractivity contribution >= 4 is 5.91 Å². The lowest BCUT2D eigenvalue weighted by Crippen LogP contribution is -2.40. The van der Waals surface area contributed by atoms with E-state index in [1.54, 1.807) is 0 Å². The molecule has 1 aromatic rings. The molecule has 3 fully saturated rings. The Morgan fingerprint density at radius 1 is 1.17 bits per heavy atom. The van der Waals surface area contributed by atoms with Gasteiger partial charge in [-0.25, -0.2) is 4.68 Å². The van der Waals surface area contributed by atoms with Crippen LogP contribution in [-0.4, -0.2) is 52.0 Å². The molecule has 6 nitrogen and oxygen atoms in total. The molecule has 0 radical (unpaired) electrons. The lowest BCUT2D eigenvalue weighted by Gasteiger charge is -2.28. The molecule has 1 aliphatic heterocycles. The predicted octanol–water partition coefficient (Wildman–Crippen LogP) is 1.77. The molecule has 1 saturated heterocycles. The first kappa shape index (κ1) is 15.1. The molecule has 1 N–H and O–H groups in total. The van der Waals surface area contributed by atoms with E-state index < -0.39 is 0 Å². The fourth-order valence-corrected chi connectivity index (χ4v) is 4.13. The monoisotopic (exact) mass is 317 g/mol. The second-order valence-corrected chi connectivity index (χ2v) is 7.53. The summed E-state index contributed by atoms with van der Waals surface area (Å²) >= 11 is 0. The van der Waals surface area contributed by atoms with Crippen LogP contribution in [0.2, 0.25) is 0 Å². The molecule has 1 amide bonds. The van der Waals surface area contributed by atoms with Crippen molar-refractivity contribution in [3.8, 4) is 0 Å². The van der Waals surface area contributed by atoms with E-state index in [1.165, 1.54) is 25.7 Å². The number of carbonyl (C=O) groups is 1. The Morgan fingerprint density at radius 2 is 1.78 bits per heavy atom. The molecular formula is C17H27N5O. The highest BCUT2D eigenvalue weighted by molar-refractivity contribution is 5.93. The van der Waals surface area contributed by atoms with Crippen molar-refractivity contribution in [2.24, 2.45) is 11.8 Å². The summed E-state index contributed by atoms with van der Waals surface area (Å²) in [5.41, 5.74) is 1.48. The average molecular weight is 317 g/mol. The molecule has 2 saturated carbocycles. The van der Waals surface area contributed by atoms with Crippen molar-refractivity contribution in [1.82, 2.24) is 25.2 Å². The maximum atomic E-state index is 13.0. The quantitative estimate of drug-likeness (QED) is 0.899. The van der Waals surface area contributed by atoms with E-state index in [0.29, 0.717) is 17.8 Å². The highest BCUT2D eigenvalue weighted by atomic mass is 16.2. The highest BCUT2D eigenvalue weighted by Crippen LogP contribution is 2.47. The molecule has 126 valence electrons. The zero-order valence-electron chi connectivity index (χ0n) is 14.2. The van der Waals surface area contributed by atoms with Gasteiger partial charge in [0.1, 0.15) is 0 Å². The van der Waals surface area contributed by atoms with E-state index in [0.717, 1.165) is 43.5 Å². The van der Waals surface area contributed by atoms with Crippen molar-refractivity contribution in [1.29, 1.82) is 0 Å². The number of rotatable bonds is 5. The predicted molar refractivity (Wildman–Crippen MR) is 87.2 cm³/mol. The van der Waals surface area contributed by atoms with Crippen LogP contribution in [0.15, 0.2) is 0 Å². The smallest absolute Gasteiger partial charge is 0.276 e. The largest absolute Gasteiger partial charge is 0.337 e. The molecule has 4 rings (SSSR count). The highest BCUT2D eigenvalue weighted by Gasteiger charge is 2.45. The number of aromatic nitrogens is 3. The number of carbonyl (C=O) groups excluding carboxylic acids is 1. The van der Waals surface area contributed by atoms with Crippen LogP contribution in [0.1, 0.15) is 60.7 Å². The van der Waals surface area contributed by atoms with Gasteiger partial charge in [-0.1, -0.05) is 5.21 Å². The van der Waals surface area contributed by atoms with E-state index >= 15 is 0 Å². The van der Waals surface area contributed by atoms with Gasteiger partial charge >= 0.3 is 0 Å². The van der Waals surface area contributed by atoms with E-state index in [1.807, 2.05) is 23.6 Å². The lowest BCUT2D eigenvalue weighted by molar-refractivity contribution is 0.0683. The molecule has 0 atom stereocenters. The van der Waals surface area contributed by atoms with Crippen LogP contribution >= 0.6 is 0 Å². The van der Waals surface area contributed by atoms with Gasteiger partial charge in [-0.05, 0) is 70.4 Å². The molecule has 6 heteroatoms. The number of nitrogens with one attached hydrogen (secondary N) is 1. The number of piperidine rings is 1. The standard InChI is InChI=1S/C17H27N5O/c1-11-15(19-20-22(11)14-7-9-18-10-8-14)17(23)21(2)16(12-3-4-12)13-5-6-13/h12-14,16,18H,3-10H2,1-2H3. The summed E-state index contributed by atoms with van der Waals surface area (Å²) in [6, 6.07) is 0.796. The number of nitrogens with zero attached hydrogens (tertiary/aromatic N) is 4. The minimum absolute atomic E-state index is 0.0616. The van der Waals surface area contributed by atoms with Crippen LogP contribution in [0.25, 0.3) is 0 Å². The van der Waals surface area contributed by atoms with Gasteiger partial charge in [0.15, 0.2) is 5.69 Å². The first-order valence-corrected chi connectivity index (χ1v) is 9.06. The first-order valence-electron chi connectivity index (χ1n) is 9.06. The average Bonchev–Trinajstić information content (AvgIpc) is 3.49. The third-order valence-electron chi connectivity index (χ3n) is 5.76. The Morgan fingerprint density at radius 3 is 2.35 bits per heavy atom. The fraction of sp³-hybridized carbons (Fsp3) is 0.824. The Kier molecular flexibility index (Phi) is 3.87. The van der Waals surface area contributed by atoms with Gasteiger partial charge in [0.2, 0.25) is 0 Å². The van der Waals surface area contributed by atoms with Gasteiger partial charge in [0.05, 0.1) is 11.7 Å². The summed E-state index contributed by atoms with van der Waals surface area (Å²) in [6.07, 6.45) is 7.22. The van der Waals surface area contributed by atoms with Gasteiger partial charge in [0.25, 0.3) is 5.91 Å². The van der Waals surface area contributed by atoms with Crippen LogP contribution in [-0.2, 0) is 0 Å². The molecule has 3 aliphatic rings. The molecular weight excluding hydrogens is 290 g/mol. The maximum Gasteiger partial charge on any atom is 0.276 e. The Bertz CT molecular complexity index is 572. The summed E-state index contributed by atoms with van der Waals surface area (Å²) in [6.45, 7) is 4.02. The first-order chi connectivity index (χ1) is 11.2. The zero-order valence-corrected chi connectivity index (χ0v) is 14.2. The zero-order chi connectivity index (χ0) is 16.0. The fourth-order valence-electron chi connectivity index (χ4n) is 4.13. The van der Waals surface area contributed by atoms with Crippen molar-refractivity contribution in [3.63, 3.8) is 0 Å². The van der Waals surface area contributed by atoms with Crippen molar-refractivity contribution in [2.45, 2.75) is 57.5 Å². The Labute approximate surface area is 137 Å². The van der Waals surface area contributed by atoms with Crippen molar-refractivity contribution in [2.75, 3.05) is 20.1 Å². The topological polar surface area (TPSA) is 63.1 Å². The van der Waals surface area contributed by atoms with Gasteiger partial charge in [-0.3, -0.25) is 4.79 Å². The van der Waals surface area contributed by atoms with Crippen molar-refractivity contribution in [3.05, 3.63) is 11.4 Å². The summed E-state index contributed by atoms with van der Waals surface area (Å²) in [7, 11) is 1.96. The Balaban J connectivity index is 1.52. The second-order valence-electron chi connectivity index (χ2n) is 7.53. The van der Waals surface area contributed by atoms with Crippen LogP contribution in [0.5, 0.6) is 0 Å². The molecule has 0 spiro atoms.